The summed E-state index contributed by atoms with van der Waals surface area (Å²) < 4.78 is 0. The SMILES string of the molecule is O/N=C(\C(=N\c1nc(SCc2ccccc2)n[nH]1)NO)c1ccccc1. The summed E-state index contributed by atoms with van der Waals surface area (Å²) in [5, 5.41) is 29.1. The van der Waals surface area contributed by atoms with Gasteiger partial charge >= 0.3 is 0 Å². The zero-order chi connectivity index (χ0) is 18.2. The smallest absolute Gasteiger partial charge is 0.248 e. The number of nitrogens with zero attached hydrogens (tertiary/aromatic N) is 4. The molecular formula is C17H16N6O2S. The first kappa shape index (κ1) is 17.6. The van der Waals surface area contributed by atoms with Crippen molar-refractivity contribution in [3.63, 3.8) is 0 Å². The second kappa shape index (κ2) is 8.79. The van der Waals surface area contributed by atoms with Crippen LogP contribution in [0.1, 0.15) is 11.1 Å². The Morgan fingerprint density at radius 2 is 1.77 bits per heavy atom. The minimum absolute atomic E-state index is 0.0607. The molecule has 1 aromatic heterocycles. The maximum Gasteiger partial charge on any atom is 0.248 e. The van der Waals surface area contributed by atoms with Crippen LogP contribution in [0.5, 0.6) is 0 Å². The molecule has 0 amide bonds. The first-order valence-electron chi connectivity index (χ1n) is 7.66. The van der Waals surface area contributed by atoms with Gasteiger partial charge in [-0.2, -0.15) is 9.98 Å². The highest BCUT2D eigenvalue weighted by Gasteiger charge is 2.14. The van der Waals surface area contributed by atoms with Gasteiger partial charge in [0.1, 0.15) is 0 Å². The molecule has 2 aromatic carbocycles. The molecule has 1 heterocycles. The molecule has 0 saturated carbocycles. The molecule has 0 aliphatic carbocycles. The van der Waals surface area contributed by atoms with Crippen LogP contribution < -0.4 is 5.48 Å². The fourth-order valence-corrected chi connectivity index (χ4v) is 2.90. The fourth-order valence-electron chi connectivity index (χ4n) is 2.15. The number of hydrogen-bond acceptors (Lipinski definition) is 7. The van der Waals surface area contributed by atoms with Gasteiger partial charge in [0, 0.05) is 11.3 Å². The minimum Gasteiger partial charge on any atom is -0.410 e. The Bertz CT molecular complexity index is 896. The van der Waals surface area contributed by atoms with E-state index >= 15 is 0 Å². The number of aliphatic imine (C=N–C) groups is 1. The molecule has 26 heavy (non-hydrogen) atoms. The van der Waals surface area contributed by atoms with E-state index < -0.39 is 0 Å². The summed E-state index contributed by atoms with van der Waals surface area (Å²) >= 11 is 1.45. The Kier molecular flexibility index (Phi) is 5.96. The Morgan fingerprint density at radius 3 is 2.42 bits per heavy atom. The molecule has 0 saturated heterocycles. The van der Waals surface area contributed by atoms with Gasteiger partial charge in [-0.3, -0.25) is 10.7 Å². The average molecular weight is 368 g/mol. The van der Waals surface area contributed by atoms with E-state index in [9.17, 15) is 10.4 Å². The molecule has 8 nitrogen and oxygen atoms in total. The summed E-state index contributed by atoms with van der Waals surface area (Å²) in [5.41, 5.74) is 3.74. The number of aromatic nitrogens is 3. The molecule has 3 aromatic rings. The molecule has 0 bridgehead atoms. The van der Waals surface area contributed by atoms with Crippen LogP contribution in [-0.4, -0.2) is 37.1 Å². The molecule has 0 aliphatic rings. The molecule has 9 heteroatoms. The van der Waals surface area contributed by atoms with Gasteiger partial charge in [0.25, 0.3) is 0 Å². The zero-order valence-corrected chi connectivity index (χ0v) is 14.4. The highest BCUT2D eigenvalue weighted by molar-refractivity contribution is 7.98. The minimum atomic E-state index is -0.0607. The zero-order valence-electron chi connectivity index (χ0n) is 13.6. The van der Waals surface area contributed by atoms with Gasteiger partial charge in [-0.15, -0.1) is 5.10 Å². The number of rotatable bonds is 6. The highest BCUT2D eigenvalue weighted by Crippen LogP contribution is 2.20. The molecule has 0 spiro atoms. The first-order valence-corrected chi connectivity index (χ1v) is 8.64. The summed E-state index contributed by atoms with van der Waals surface area (Å²) in [5.74, 6) is 0.837. The molecule has 3 rings (SSSR count). The van der Waals surface area contributed by atoms with E-state index in [-0.39, 0.29) is 17.5 Å². The van der Waals surface area contributed by atoms with Gasteiger partial charge < -0.3 is 5.21 Å². The van der Waals surface area contributed by atoms with Gasteiger partial charge in [0.05, 0.1) is 0 Å². The fraction of sp³-hybridized carbons (Fsp3) is 0.0588. The monoisotopic (exact) mass is 368 g/mol. The van der Waals surface area contributed by atoms with Crippen molar-refractivity contribution in [2.24, 2.45) is 10.1 Å². The number of benzene rings is 2. The Morgan fingerprint density at radius 1 is 1.08 bits per heavy atom. The third-order valence-electron chi connectivity index (χ3n) is 3.36. The number of thioether (sulfide) groups is 1. The van der Waals surface area contributed by atoms with Crippen LogP contribution in [0.15, 0.2) is 76.0 Å². The number of aromatic amines is 1. The molecular weight excluding hydrogens is 352 g/mol. The summed E-state index contributed by atoms with van der Waals surface area (Å²) in [7, 11) is 0. The van der Waals surface area contributed by atoms with E-state index in [2.05, 4.69) is 25.3 Å². The van der Waals surface area contributed by atoms with Crippen molar-refractivity contribution < 1.29 is 10.4 Å². The lowest BCUT2D eigenvalue weighted by molar-refractivity contribution is 0.236. The van der Waals surface area contributed by atoms with Crippen molar-refractivity contribution in [1.29, 1.82) is 0 Å². The number of hydrogen-bond donors (Lipinski definition) is 4. The predicted octanol–water partition coefficient (Wildman–Crippen LogP) is 2.98. The number of amidine groups is 1. The third-order valence-corrected chi connectivity index (χ3v) is 4.28. The van der Waals surface area contributed by atoms with E-state index in [1.807, 2.05) is 41.9 Å². The van der Waals surface area contributed by atoms with Crippen molar-refractivity contribution in [3.05, 3.63) is 71.8 Å². The van der Waals surface area contributed by atoms with Crippen molar-refractivity contribution in [3.8, 4) is 0 Å². The van der Waals surface area contributed by atoms with Crippen LogP contribution in [0.3, 0.4) is 0 Å². The van der Waals surface area contributed by atoms with Gasteiger partial charge in [-0.05, 0) is 5.56 Å². The van der Waals surface area contributed by atoms with E-state index in [0.717, 1.165) is 11.3 Å². The number of nitrogens with one attached hydrogen (secondary N) is 2. The van der Waals surface area contributed by atoms with E-state index in [1.165, 1.54) is 11.8 Å². The van der Waals surface area contributed by atoms with E-state index in [0.29, 0.717) is 10.7 Å². The van der Waals surface area contributed by atoms with Crippen molar-refractivity contribution >= 4 is 29.3 Å². The van der Waals surface area contributed by atoms with Gasteiger partial charge in [-0.1, -0.05) is 77.6 Å². The summed E-state index contributed by atoms with van der Waals surface area (Å²) in [6, 6.07) is 18.8. The lowest BCUT2D eigenvalue weighted by Crippen LogP contribution is -2.29. The second-order valence-electron chi connectivity index (χ2n) is 5.10. The van der Waals surface area contributed by atoms with Crippen molar-refractivity contribution in [1.82, 2.24) is 20.7 Å². The van der Waals surface area contributed by atoms with Gasteiger partial charge in [0.15, 0.2) is 11.5 Å². The van der Waals surface area contributed by atoms with Crippen LogP contribution in [0.25, 0.3) is 0 Å². The topological polar surface area (TPSA) is 119 Å². The normalized spacial score (nSPS) is 12.2. The van der Waals surface area contributed by atoms with Crippen molar-refractivity contribution in [2.75, 3.05) is 0 Å². The standard InChI is InChI=1S/C17H16N6O2S/c24-22-14(13-9-5-2-6-10-13)15(23-25)18-16-19-17(21-20-16)26-11-12-7-3-1-4-8-12/h1-10,24-25H,11H2,(H2,18,19,20,21,23)/b22-14-. The van der Waals surface area contributed by atoms with Crippen LogP contribution in [0.4, 0.5) is 5.95 Å². The number of hydroxylamine groups is 1. The molecule has 4 N–H and O–H groups in total. The Balaban J connectivity index is 1.74. The molecule has 132 valence electrons. The number of oxime groups is 1. The van der Waals surface area contributed by atoms with Crippen LogP contribution in [0.2, 0.25) is 0 Å². The average Bonchev–Trinajstić information content (AvgIpc) is 3.15. The predicted molar refractivity (Wildman–Crippen MR) is 99.2 cm³/mol. The van der Waals surface area contributed by atoms with Crippen LogP contribution >= 0.6 is 11.8 Å². The molecule has 0 fully saturated rings. The summed E-state index contributed by atoms with van der Waals surface area (Å²) in [4.78, 5) is 8.37. The number of H-pyrrole nitrogens is 1. The molecule has 0 aliphatic heterocycles. The van der Waals surface area contributed by atoms with Crippen LogP contribution in [-0.2, 0) is 5.75 Å². The van der Waals surface area contributed by atoms with E-state index in [4.69, 9.17) is 0 Å². The van der Waals surface area contributed by atoms with Crippen LogP contribution in [0, 0.1) is 0 Å². The highest BCUT2D eigenvalue weighted by atomic mass is 32.2. The quantitative estimate of drug-likeness (QED) is 0.175. The molecule has 0 radical (unpaired) electrons. The van der Waals surface area contributed by atoms with E-state index in [1.54, 1.807) is 24.3 Å². The second-order valence-corrected chi connectivity index (χ2v) is 6.05. The van der Waals surface area contributed by atoms with Crippen molar-refractivity contribution in [2.45, 2.75) is 10.9 Å². The lowest BCUT2D eigenvalue weighted by atomic mass is 10.1. The summed E-state index contributed by atoms with van der Waals surface area (Å²) in [6.45, 7) is 0. The maximum atomic E-state index is 9.37. The Hall–Kier alpha value is -3.17. The largest absolute Gasteiger partial charge is 0.410 e. The lowest BCUT2D eigenvalue weighted by Gasteiger charge is -2.05. The van der Waals surface area contributed by atoms with Gasteiger partial charge in [0.2, 0.25) is 11.1 Å². The third kappa shape index (κ3) is 4.47. The summed E-state index contributed by atoms with van der Waals surface area (Å²) in [6.07, 6.45) is 0. The Labute approximate surface area is 153 Å². The maximum absolute atomic E-state index is 9.37. The first-order chi connectivity index (χ1) is 12.8. The molecule has 0 unspecified atom stereocenters. The molecule has 0 atom stereocenters. The van der Waals surface area contributed by atoms with Gasteiger partial charge in [-0.25, -0.2) is 5.10 Å².